The van der Waals surface area contributed by atoms with Gasteiger partial charge in [0, 0.05) is 23.0 Å². The molecule has 0 radical (unpaired) electrons. The van der Waals surface area contributed by atoms with E-state index in [0.29, 0.717) is 18.4 Å². The zero-order valence-electron chi connectivity index (χ0n) is 12.8. The van der Waals surface area contributed by atoms with E-state index in [-0.39, 0.29) is 0 Å². The van der Waals surface area contributed by atoms with Crippen LogP contribution in [-0.2, 0) is 0 Å². The smallest absolute Gasteiger partial charge is 0.178 e. The quantitative estimate of drug-likeness (QED) is 0.785. The Bertz CT molecular complexity index is 491. The van der Waals surface area contributed by atoms with Crippen molar-refractivity contribution in [3.05, 3.63) is 23.0 Å². The molecular weight excluding hydrogens is 248 g/mol. The van der Waals surface area contributed by atoms with Crippen LogP contribution in [0.1, 0.15) is 66.3 Å². The van der Waals surface area contributed by atoms with E-state index < -0.39 is 0 Å². The lowest BCUT2D eigenvalue weighted by Gasteiger charge is -2.18. The third-order valence-electron chi connectivity index (χ3n) is 4.76. The standard InChI is InChI=1S/C17H26N2O/c1-13-11-16(14(2)19(13)15-7-8-15)17(20)12-18-9-5-3-4-6-10-18/h11,15H,3-10,12H2,1-2H3. The first-order valence-corrected chi connectivity index (χ1v) is 8.11. The topological polar surface area (TPSA) is 25.2 Å². The van der Waals surface area contributed by atoms with Crippen LogP contribution in [0, 0.1) is 13.8 Å². The third-order valence-corrected chi connectivity index (χ3v) is 4.76. The molecule has 0 N–H and O–H groups in total. The highest BCUT2D eigenvalue weighted by Gasteiger charge is 2.28. The summed E-state index contributed by atoms with van der Waals surface area (Å²) in [5.74, 6) is 0.312. The average Bonchev–Trinajstić information content (AvgIpc) is 3.21. The number of aromatic nitrogens is 1. The van der Waals surface area contributed by atoms with Crippen LogP contribution in [-0.4, -0.2) is 34.9 Å². The van der Waals surface area contributed by atoms with Gasteiger partial charge in [0.1, 0.15) is 0 Å². The van der Waals surface area contributed by atoms with Crippen molar-refractivity contribution >= 4 is 5.78 Å². The molecule has 2 aliphatic rings. The van der Waals surface area contributed by atoms with Gasteiger partial charge in [0.2, 0.25) is 0 Å². The van der Waals surface area contributed by atoms with Gasteiger partial charge < -0.3 is 4.57 Å². The zero-order valence-corrected chi connectivity index (χ0v) is 12.8. The Labute approximate surface area is 122 Å². The van der Waals surface area contributed by atoms with Crippen LogP contribution < -0.4 is 0 Å². The number of Topliss-reactive ketones (excluding diaryl/α,β-unsaturated/α-hetero) is 1. The molecule has 0 amide bonds. The lowest BCUT2D eigenvalue weighted by molar-refractivity contribution is 0.0932. The maximum atomic E-state index is 12.6. The highest BCUT2D eigenvalue weighted by Crippen LogP contribution is 2.38. The zero-order chi connectivity index (χ0) is 14.1. The van der Waals surface area contributed by atoms with Gasteiger partial charge >= 0.3 is 0 Å². The molecule has 0 aromatic carbocycles. The maximum absolute atomic E-state index is 12.6. The molecule has 3 heteroatoms. The van der Waals surface area contributed by atoms with Gasteiger partial charge in [-0.3, -0.25) is 9.69 Å². The summed E-state index contributed by atoms with van der Waals surface area (Å²) in [7, 11) is 0. The van der Waals surface area contributed by atoms with E-state index >= 15 is 0 Å². The van der Waals surface area contributed by atoms with Crippen molar-refractivity contribution in [3.8, 4) is 0 Å². The second kappa shape index (κ2) is 5.72. The van der Waals surface area contributed by atoms with Crippen LogP contribution >= 0.6 is 0 Å². The molecule has 3 nitrogen and oxygen atoms in total. The van der Waals surface area contributed by atoms with Crippen molar-refractivity contribution in [2.75, 3.05) is 19.6 Å². The van der Waals surface area contributed by atoms with Crippen LogP contribution in [0.2, 0.25) is 0 Å². The van der Waals surface area contributed by atoms with Gasteiger partial charge in [-0.25, -0.2) is 0 Å². The maximum Gasteiger partial charge on any atom is 0.178 e. The Hall–Kier alpha value is -1.09. The van der Waals surface area contributed by atoms with Gasteiger partial charge in [-0.2, -0.15) is 0 Å². The van der Waals surface area contributed by atoms with Crippen molar-refractivity contribution in [3.63, 3.8) is 0 Å². The molecule has 0 bridgehead atoms. The fourth-order valence-corrected chi connectivity index (χ4v) is 3.54. The third kappa shape index (κ3) is 2.83. The monoisotopic (exact) mass is 274 g/mol. The van der Waals surface area contributed by atoms with E-state index in [9.17, 15) is 4.79 Å². The first-order chi connectivity index (χ1) is 9.66. The Morgan fingerprint density at radius 2 is 1.80 bits per heavy atom. The minimum Gasteiger partial charge on any atom is -0.345 e. The largest absolute Gasteiger partial charge is 0.345 e. The minimum absolute atomic E-state index is 0.312. The summed E-state index contributed by atoms with van der Waals surface area (Å²) in [6, 6.07) is 2.77. The first-order valence-electron chi connectivity index (χ1n) is 8.11. The second-order valence-electron chi connectivity index (χ2n) is 6.50. The number of rotatable bonds is 4. The molecule has 0 atom stereocenters. The van der Waals surface area contributed by atoms with E-state index in [1.54, 1.807) is 0 Å². The number of hydrogen-bond donors (Lipinski definition) is 0. The van der Waals surface area contributed by atoms with Crippen LogP contribution in [0.5, 0.6) is 0 Å². The average molecular weight is 274 g/mol. The summed E-state index contributed by atoms with van der Waals surface area (Å²) >= 11 is 0. The van der Waals surface area contributed by atoms with Gasteiger partial charge in [0.05, 0.1) is 6.54 Å². The van der Waals surface area contributed by atoms with Gasteiger partial charge in [0.15, 0.2) is 5.78 Å². The van der Waals surface area contributed by atoms with Crippen LogP contribution in [0.3, 0.4) is 0 Å². The molecule has 2 heterocycles. The van der Waals surface area contributed by atoms with Crippen molar-refractivity contribution in [2.24, 2.45) is 0 Å². The van der Waals surface area contributed by atoms with E-state index in [1.807, 2.05) is 0 Å². The lowest BCUT2D eigenvalue weighted by Crippen LogP contribution is -2.31. The number of carbonyl (C=O) groups excluding carboxylic acids is 1. The van der Waals surface area contributed by atoms with Crippen molar-refractivity contribution in [1.29, 1.82) is 0 Å². The van der Waals surface area contributed by atoms with Crippen LogP contribution in [0.25, 0.3) is 0 Å². The summed E-state index contributed by atoms with van der Waals surface area (Å²) in [5.41, 5.74) is 3.40. The van der Waals surface area contributed by atoms with Crippen LogP contribution in [0.15, 0.2) is 6.07 Å². The summed E-state index contributed by atoms with van der Waals surface area (Å²) in [6.07, 6.45) is 7.68. The molecule has 1 aromatic rings. The second-order valence-corrected chi connectivity index (χ2v) is 6.50. The molecule has 1 saturated heterocycles. The van der Waals surface area contributed by atoms with E-state index in [1.165, 1.54) is 49.9 Å². The predicted molar refractivity (Wildman–Crippen MR) is 81.4 cm³/mol. The lowest BCUT2D eigenvalue weighted by atomic mass is 10.1. The van der Waals surface area contributed by atoms with E-state index in [2.05, 4.69) is 29.4 Å². The van der Waals surface area contributed by atoms with Gasteiger partial charge in [-0.15, -0.1) is 0 Å². The minimum atomic E-state index is 0.312. The molecule has 110 valence electrons. The highest BCUT2D eigenvalue weighted by molar-refractivity contribution is 5.99. The van der Waals surface area contributed by atoms with Gasteiger partial charge in [0.25, 0.3) is 0 Å². The van der Waals surface area contributed by atoms with E-state index in [0.717, 1.165) is 18.7 Å². The van der Waals surface area contributed by atoms with E-state index in [4.69, 9.17) is 0 Å². The molecule has 1 saturated carbocycles. The fourth-order valence-electron chi connectivity index (χ4n) is 3.54. The molecule has 20 heavy (non-hydrogen) atoms. The molecule has 3 rings (SSSR count). The first kappa shape index (κ1) is 13.9. The van der Waals surface area contributed by atoms with Crippen molar-refractivity contribution in [1.82, 2.24) is 9.47 Å². The normalized spacial score (nSPS) is 20.9. The number of ketones is 1. The van der Waals surface area contributed by atoms with Gasteiger partial charge in [-0.05, 0) is 58.7 Å². The Morgan fingerprint density at radius 1 is 1.15 bits per heavy atom. The molecule has 1 aromatic heterocycles. The highest BCUT2D eigenvalue weighted by atomic mass is 16.1. The summed E-state index contributed by atoms with van der Waals surface area (Å²) < 4.78 is 2.37. The van der Waals surface area contributed by atoms with Gasteiger partial charge in [-0.1, -0.05) is 12.8 Å². The number of hydrogen-bond acceptors (Lipinski definition) is 2. The number of carbonyl (C=O) groups is 1. The SMILES string of the molecule is Cc1cc(C(=O)CN2CCCCCC2)c(C)n1C1CC1. The Kier molecular flexibility index (Phi) is 3.97. The number of nitrogens with zero attached hydrogens (tertiary/aromatic N) is 2. The molecule has 1 aliphatic heterocycles. The number of aryl methyl sites for hydroxylation is 1. The molecule has 2 fully saturated rings. The molecule has 0 unspecified atom stereocenters. The summed E-state index contributed by atoms with van der Waals surface area (Å²) in [4.78, 5) is 14.9. The van der Waals surface area contributed by atoms with Crippen LogP contribution in [0.4, 0.5) is 0 Å². The summed E-state index contributed by atoms with van der Waals surface area (Å²) in [5, 5.41) is 0. The molecule has 1 aliphatic carbocycles. The molecule has 0 spiro atoms. The van der Waals surface area contributed by atoms with Crippen molar-refractivity contribution < 1.29 is 4.79 Å². The fraction of sp³-hybridized carbons (Fsp3) is 0.706. The predicted octanol–water partition coefficient (Wildman–Crippen LogP) is 3.50. The Morgan fingerprint density at radius 3 is 2.40 bits per heavy atom. The molecular formula is C17H26N2O. The van der Waals surface area contributed by atoms with Crippen molar-refractivity contribution in [2.45, 2.75) is 58.4 Å². The summed E-state index contributed by atoms with van der Waals surface area (Å²) in [6.45, 7) is 7.03. The Balaban J connectivity index is 1.71. The number of likely N-dealkylation sites (tertiary alicyclic amines) is 1.